The predicted molar refractivity (Wildman–Crippen MR) is 251 cm³/mol. The lowest BCUT2D eigenvalue weighted by molar-refractivity contribution is -0.150. The van der Waals surface area contributed by atoms with E-state index in [1.54, 1.807) is 63.2 Å². The third kappa shape index (κ3) is 14.0. The Morgan fingerprint density at radius 2 is 1.16 bits per heavy atom. The van der Waals surface area contributed by atoms with Crippen LogP contribution in [0.25, 0.3) is 0 Å². The number of phenolic OH excluding ortho intramolecular Hbond substituents is 1. The zero-order valence-electron chi connectivity index (χ0n) is 39.8. The van der Waals surface area contributed by atoms with E-state index in [1.165, 1.54) is 26.8 Å². The summed E-state index contributed by atoms with van der Waals surface area (Å²) in [5, 5.41) is 40.0. The van der Waals surface area contributed by atoms with Crippen molar-refractivity contribution in [2.24, 2.45) is 17.6 Å². The van der Waals surface area contributed by atoms with Crippen molar-refractivity contribution >= 4 is 53.3 Å². The molecule has 0 spiro atoms. The molecule has 2 aromatic rings. The lowest BCUT2D eigenvalue weighted by Gasteiger charge is -2.33. The zero-order valence-corrected chi connectivity index (χ0v) is 39.8. The van der Waals surface area contributed by atoms with Crippen molar-refractivity contribution in [2.75, 3.05) is 19.6 Å². The van der Waals surface area contributed by atoms with Crippen molar-refractivity contribution < 1.29 is 58.5 Å². The number of nitrogens with two attached hydrogens (primary N) is 1. The monoisotopic (exact) mass is 960 g/mol. The first kappa shape index (κ1) is 53.4. The topological polar surface area (TPSA) is 298 Å². The van der Waals surface area contributed by atoms with E-state index in [9.17, 15) is 58.5 Å². The fraction of sp³-hybridized carbons (Fsp3) is 0.571. The normalized spacial score (nSPS) is 20.6. The smallest absolute Gasteiger partial charge is 0.326 e. The van der Waals surface area contributed by atoms with Gasteiger partial charge < -0.3 is 57.0 Å². The number of likely N-dealkylation sites (tertiary alicyclic amines) is 3. The first-order chi connectivity index (χ1) is 32.8. The number of rotatable bonds is 22. The van der Waals surface area contributed by atoms with Crippen LogP contribution in [0.15, 0.2) is 54.6 Å². The van der Waals surface area contributed by atoms with Crippen LogP contribution in [0.2, 0.25) is 0 Å². The minimum atomic E-state index is -1.45. The maximum Gasteiger partial charge on any atom is 0.326 e. The number of phenols is 1. The van der Waals surface area contributed by atoms with Gasteiger partial charge in [-0.15, -0.1) is 0 Å². The molecule has 0 aliphatic carbocycles. The number of benzene rings is 2. The molecule has 9 atom stereocenters. The van der Waals surface area contributed by atoms with E-state index in [4.69, 9.17) is 5.73 Å². The van der Waals surface area contributed by atoms with Gasteiger partial charge in [0.2, 0.25) is 41.4 Å². The Morgan fingerprint density at radius 3 is 1.71 bits per heavy atom. The number of amides is 7. The lowest BCUT2D eigenvalue weighted by atomic mass is 9.96. The molecule has 0 saturated carbocycles. The summed E-state index contributed by atoms with van der Waals surface area (Å²) in [5.41, 5.74) is 7.72. The molecule has 2 aromatic carbocycles. The van der Waals surface area contributed by atoms with E-state index in [-0.39, 0.29) is 63.4 Å². The highest BCUT2D eigenvalue weighted by Gasteiger charge is 2.44. The van der Waals surface area contributed by atoms with Gasteiger partial charge in [0, 0.05) is 32.5 Å². The first-order valence-electron chi connectivity index (χ1n) is 24.0. The van der Waals surface area contributed by atoms with Gasteiger partial charge in [0.05, 0.1) is 6.04 Å². The number of carbonyl (C=O) groups excluding carboxylic acids is 7. The Labute approximate surface area is 402 Å². The van der Waals surface area contributed by atoms with Crippen molar-refractivity contribution in [3.05, 3.63) is 65.7 Å². The fourth-order valence-corrected chi connectivity index (χ4v) is 9.29. The molecule has 0 bridgehead atoms. The number of hydrogen-bond donors (Lipinski definition) is 8. The molecular formula is C49H68N8O12. The second kappa shape index (κ2) is 24.6. The van der Waals surface area contributed by atoms with Gasteiger partial charge in [0.15, 0.2) is 0 Å². The van der Waals surface area contributed by atoms with Gasteiger partial charge in [-0.2, -0.15) is 0 Å². The average Bonchev–Trinajstić information content (AvgIpc) is 4.13. The molecule has 3 saturated heterocycles. The molecule has 1 unspecified atom stereocenters. The van der Waals surface area contributed by atoms with Crippen molar-refractivity contribution in [2.45, 2.75) is 147 Å². The van der Waals surface area contributed by atoms with Crippen LogP contribution >= 0.6 is 0 Å². The zero-order chi connectivity index (χ0) is 50.5. The van der Waals surface area contributed by atoms with E-state index in [0.717, 1.165) is 5.56 Å². The lowest BCUT2D eigenvalue weighted by Crippen LogP contribution is -2.61. The van der Waals surface area contributed by atoms with Crippen molar-refractivity contribution in [1.29, 1.82) is 0 Å². The van der Waals surface area contributed by atoms with Gasteiger partial charge in [-0.1, -0.05) is 76.6 Å². The number of nitrogens with one attached hydrogen (secondary N) is 4. The summed E-state index contributed by atoms with van der Waals surface area (Å²) in [7, 11) is 0. The van der Waals surface area contributed by atoms with E-state index in [0.29, 0.717) is 37.7 Å². The molecule has 3 heterocycles. The van der Waals surface area contributed by atoms with E-state index in [1.807, 2.05) is 6.92 Å². The number of aliphatic carboxylic acids is 2. The molecule has 3 aliphatic heterocycles. The molecule has 69 heavy (non-hydrogen) atoms. The van der Waals surface area contributed by atoms with Gasteiger partial charge in [-0.3, -0.25) is 38.4 Å². The number of carbonyl (C=O) groups is 9. The summed E-state index contributed by atoms with van der Waals surface area (Å²) in [5.74, 6) is -7.81. The van der Waals surface area contributed by atoms with Gasteiger partial charge in [0.25, 0.3) is 0 Å². The largest absolute Gasteiger partial charge is 0.508 e. The highest BCUT2D eigenvalue weighted by molar-refractivity contribution is 5.98. The van der Waals surface area contributed by atoms with Crippen LogP contribution in [0.5, 0.6) is 5.75 Å². The molecule has 5 rings (SSSR count). The summed E-state index contributed by atoms with van der Waals surface area (Å²) in [6.45, 7) is 7.48. The summed E-state index contributed by atoms with van der Waals surface area (Å²) >= 11 is 0. The second-order valence-electron chi connectivity index (χ2n) is 18.7. The van der Waals surface area contributed by atoms with Crippen LogP contribution in [0.4, 0.5) is 0 Å². The van der Waals surface area contributed by atoms with Crippen LogP contribution in [0.3, 0.4) is 0 Å². The second-order valence-corrected chi connectivity index (χ2v) is 18.7. The first-order valence-corrected chi connectivity index (χ1v) is 24.0. The molecule has 0 radical (unpaired) electrons. The molecule has 0 aromatic heterocycles. The van der Waals surface area contributed by atoms with Gasteiger partial charge >= 0.3 is 11.9 Å². The van der Waals surface area contributed by atoms with Crippen molar-refractivity contribution in [3.63, 3.8) is 0 Å². The number of carboxylic acids is 2. The Kier molecular flexibility index (Phi) is 19.1. The van der Waals surface area contributed by atoms with Gasteiger partial charge in [-0.05, 0) is 86.5 Å². The minimum Gasteiger partial charge on any atom is -0.508 e. The molecule has 3 aliphatic rings. The fourth-order valence-electron chi connectivity index (χ4n) is 9.29. The summed E-state index contributed by atoms with van der Waals surface area (Å²) in [6, 6.07) is 6.05. The molecule has 20 nitrogen and oxygen atoms in total. The molecule has 9 N–H and O–H groups in total. The molecule has 7 amide bonds. The highest BCUT2D eigenvalue weighted by Crippen LogP contribution is 2.25. The third-order valence-corrected chi connectivity index (χ3v) is 13.4. The van der Waals surface area contributed by atoms with Crippen molar-refractivity contribution in [3.8, 4) is 5.75 Å². The Bertz CT molecular complexity index is 2170. The van der Waals surface area contributed by atoms with E-state index in [2.05, 4.69) is 21.3 Å². The Hall–Kier alpha value is -6.57. The molecule has 376 valence electrons. The van der Waals surface area contributed by atoms with E-state index < -0.39 is 114 Å². The molecular weight excluding hydrogens is 893 g/mol. The predicted octanol–water partition coefficient (Wildman–Crippen LogP) is 1.07. The summed E-state index contributed by atoms with van der Waals surface area (Å²) in [6.07, 6.45) is 1.96. The van der Waals surface area contributed by atoms with Crippen molar-refractivity contribution in [1.82, 2.24) is 36.0 Å². The van der Waals surface area contributed by atoms with Gasteiger partial charge in [-0.25, -0.2) is 4.79 Å². The Balaban J connectivity index is 1.30. The minimum absolute atomic E-state index is 0.00563. The van der Waals surface area contributed by atoms with E-state index >= 15 is 0 Å². The summed E-state index contributed by atoms with van der Waals surface area (Å²) < 4.78 is 0. The average molecular weight is 961 g/mol. The van der Waals surface area contributed by atoms with Crippen LogP contribution in [-0.4, -0.2) is 151 Å². The number of carboxylic acid groups (broad SMARTS) is 2. The summed E-state index contributed by atoms with van der Waals surface area (Å²) in [4.78, 5) is 126. The van der Waals surface area contributed by atoms with Gasteiger partial charge in [0.1, 0.15) is 48.0 Å². The third-order valence-electron chi connectivity index (χ3n) is 13.4. The van der Waals surface area contributed by atoms with Crippen LogP contribution < -0.4 is 27.0 Å². The SMILES string of the molecule is CCC(C)[C@H](NC(=O)[C@@H]1CCCN1C(=O)[C@H](CCC(=O)O)NC(=O)[C@@H](NC(=O)[C@H](Cc1ccccc1)NC(=O)[C@@H]1CCCN1C(=O)[C@@H](N)Cc1ccc(O)cc1)C(C)C)C(=O)N1CCC[C@H]1C(=O)O. The van der Waals surface area contributed by atoms with Crippen LogP contribution in [-0.2, 0) is 56.0 Å². The highest BCUT2D eigenvalue weighted by atomic mass is 16.4. The van der Waals surface area contributed by atoms with Crippen LogP contribution in [0, 0.1) is 11.8 Å². The Morgan fingerprint density at radius 1 is 0.623 bits per heavy atom. The molecule has 20 heteroatoms. The molecule has 3 fully saturated rings. The van der Waals surface area contributed by atoms with Crippen LogP contribution in [0.1, 0.15) is 96.6 Å². The number of hydrogen-bond acceptors (Lipinski definition) is 11. The standard InChI is InChI=1S/C49H68N8O12/c1-5-29(4)41(48(67)57-25-11-16-38(57)49(68)69)54-44(63)37-15-10-24-56(37)47(66)34(21-22-39(59)60)51-45(64)40(28(2)3)53-42(61)35(27-30-12-7-6-8-13-30)52-43(62)36-14-9-23-55(36)46(65)33(50)26-31-17-19-32(58)20-18-31/h6-8,12-13,17-20,28-29,33-38,40-41,58H,5,9-11,14-16,21-27,50H2,1-4H3,(H,51,64)(H,52,62)(H,53,61)(H,54,63)(H,59,60)(H,68,69)/t29?,33-,34-,35-,36-,37-,38-,40-,41-/m0/s1. The maximum absolute atomic E-state index is 14.4. The number of nitrogens with zero attached hydrogens (tertiary/aromatic N) is 3. The number of aromatic hydroxyl groups is 1. The maximum atomic E-state index is 14.4. The quantitative estimate of drug-likeness (QED) is 0.0821.